The highest BCUT2D eigenvalue weighted by molar-refractivity contribution is 8.93. The van der Waals surface area contributed by atoms with Crippen molar-refractivity contribution in [1.82, 2.24) is 5.32 Å². The molecule has 0 spiro atoms. The SMILES string of the molecule is Br.N#Cc1ccc(CSC2=CCCCN2)cc1. The minimum Gasteiger partial charge on any atom is -0.380 e. The van der Waals surface area contributed by atoms with E-state index in [0.717, 1.165) is 17.9 Å². The van der Waals surface area contributed by atoms with Gasteiger partial charge in [0.2, 0.25) is 0 Å². The van der Waals surface area contributed by atoms with Crippen molar-refractivity contribution in [2.45, 2.75) is 18.6 Å². The Labute approximate surface area is 117 Å². The Kier molecular flexibility index (Phi) is 6.17. The average molecular weight is 311 g/mol. The van der Waals surface area contributed by atoms with Crippen molar-refractivity contribution < 1.29 is 0 Å². The monoisotopic (exact) mass is 310 g/mol. The van der Waals surface area contributed by atoms with Crippen LogP contribution in [0.3, 0.4) is 0 Å². The molecule has 1 heterocycles. The van der Waals surface area contributed by atoms with E-state index in [9.17, 15) is 0 Å². The van der Waals surface area contributed by atoms with Crippen molar-refractivity contribution in [2.75, 3.05) is 6.54 Å². The topological polar surface area (TPSA) is 35.8 Å². The summed E-state index contributed by atoms with van der Waals surface area (Å²) in [6.07, 6.45) is 4.68. The van der Waals surface area contributed by atoms with E-state index in [4.69, 9.17) is 5.26 Å². The fraction of sp³-hybridized carbons (Fsp3) is 0.308. The van der Waals surface area contributed by atoms with Crippen LogP contribution in [0, 0.1) is 11.3 Å². The molecule has 4 heteroatoms. The lowest BCUT2D eigenvalue weighted by molar-refractivity contribution is 0.718. The Morgan fingerprint density at radius 3 is 2.65 bits per heavy atom. The Hall–Kier alpha value is -0.920. The van der Waals surface area contributed by atoms with Crippen LogP contribution in [0.5, 0.6) is 0 Å². The molecule has 90 valence electrons. The lowest BCUT2D eigenvalue weighted by atomic mass is 10.2. The molecule has 0 radical (unpaired) electrons. The van der Waals surface area contributed by atoms with Crippen LogP contribution in [0.4, 0.5) is 0 Å². The Balaban J connectivity index is 0.00000144. The highest BCUT2D eigenvalue weighted by Crippen LogP contribution is 2.22. The van der Waals surface area contributed by atoms with Gasteiger partial charge in [-0.05, 0) is 30.5 Å². The molecule has 0 amide bonds. The van der Waals surface area contributed by atoms with Gasteiger partial charge in [0.25, 0.3) is 0 Å². The second-order valence-electron chi connectivity index (χ2n) is 3.73. The summed E-state index contributed by atoms with van der Waals surface area (Å²) in [5.41, 5.74) is 1.99. The van der Waals surface area contributed by atoms with Crippen molar-refractivity contribution in [2.24, 2.45) is 0 Å². The first kappa shape index (κ1) is 14.1. The number of hydrogen-bond acceptors (Lipinski definition) is 3. The van der Waals surface area contributed by atoms with Crippen LogP contribution in [0.1, 0.15) is 24.0 Å². The summed E-state index contributed by atoms with van der Waals surface area (Å²) in [6, 6.07) is 9.92. The van der Waals surface area contributed by atoms with Crippen LogP contribution in [-0.2, 0) is 5.75 Å². The highest BCUT2D eigenvalue weighted by Gasteiger charge is 2.03. The van der Waals surface area contributed by atoms with Gasteiger partial charge in [0.15, 0.2) is 0 Å². The second-order valence-corrected chi connectivity index (χ2v) is 4.75. The average Bonchev–Trinajstić information content (AvgIpc) is 2.38. The van der Waals surface area contributed by atoms with Crippen LogP contribution >= 0.6 is 28.7 Å². The van der Waals surface area contributed by atoms with Crippen molar-refractivity contribution >= 4 is 28.7 Å². The predicted octanol–water partition coefficient (Wildman–Crippen LogP) is 3.59. The molecule has 17 heavy (non-hydrogen) atoms. The van der Waals surface area contributed by atoms with Gasteiger partial charge in [-0.3, -0.25) is 0 Å². The Morgan fingerprint density at radius 1 is 1.29 bits per heavy atom. The molecule has 1 aliphatic heterocycles. The maximum Gasteiger partial charge on any atom is 0.0991 e. The third-order valence-electron chi connectivity index (χ3n) is 2.49. The molecule has 1 aromatic rings. The summed E-state index contributed by atoms with van der Waals surface area (Å²) < 4.78 is 0. The van der Waals surface area contributed by atoms with E-state index in [2.05, 4.69) is 17.5 Å². The molecule has 1 aromatic carbocycles. The van der Waals surface area contributed by atoms with Crippen LogP contribution in [0.15, 0.2) is 35.4 Å². The largest absolute Gasteiger partial charge is 0.380 e. The van der Waals surface area contributed by atoms with E-state index in [-0.39, 0.29) is 17.0 Å². The Bertz CT molecular complexity index is 420. The molecule has 0 aromatic heterocycles. The molecule has 0 saturated heterocycles. The molecule has 2 rings (SSSR count). The number of nitrogens with zero attached hydrogens (tertiary/aromatic N) is 1. The number of rotatable bonds is 3. The molecule has 2 nitrogen and oxygen atoms in total. The van der Waals surface area contributed by atoms with E-state index in [1.807, 2.05) is 36.0 Å². The number of nitrogens with one attached hydrogen (secondary N) is 1. The molecular weight excluding hydrogens is 296 g/mol. The summed E-state index contributed by atoms with van der Waals surface area (Å²) >= 11 is 1.83. The number of nitriles is 1. The fourth-order valence-corrected chi connectivity index (χ4v) is 2.52. The van der Waals surface area contributed by atoms with E-state index >= 15 is 0 Å². The number of allylic oxidation sites excluding steroid dienone is 1. The number of thioether (sulfide) groups is 1. The van der Waals surface area contributed by atoms with Crippen molar-refractivity contribution in [3.05, 3.63) is 46.5 Å². The standard InChI is InChI=1S/C13H14N2S.BrH/c14-9-11-4-6-12(7-5-11)10-16-13-3-1-2-8-15-13;/h3-7,15H,1-2,8,10H2;1H. The molecular formula is C13H15BrN2S. The molecule has 1 N–H and O–H groups in total. The normalized spacial score (nSPS) is 13.9. The van der Waals surface area contributed by atoms with Crippen molar-refractivity contribution in [1.29, 1.82) is 5.26 Å². The molecule has 0 aliphatic carbocycles. The number of halogens is 1. The molecule has 0 unspecified atom stereocenters. The molecule has 0 atom stereocenters. The molecule has 1 aliphatic rings. The van der Waals surface area contributed by atoms with Gasteiger partial charge >= 0.3 is 0 Å². The smallest absolute Gasteiger partial charge is 0.0991 e. The fourth-order valence-electron chi connectivity index (χ4n) is 1.57. The van der Waals surface area contributed by atoms with Gasteiger partial charge in [-0.1, -0.05) is 18.2 Å². The zero-order valence-electron chi connectivity index (χ0n) is 9.48. The van der Waals surface area contributed by atoms with Gasteiger partial charge in [-0.25, -0.2) is 0 Å². The third kappa shape index (κ3) is 4.45. The zero-order chi connectivity index (χ0) is 11.2. The Morgan fingerprint density at radius 2 is 2.06 bits per heavy atom. The van der Waals surface area contributed by atoms with Crippen molar-refractivity contribution in [3.63, 3.8) is 0 Å². The van der Waals surface area contributed by atoms with Crippen LogP contribution in [0.2, 0.25) is 0 Å². The van der Waals surface area contributed by atoms with E-state index in [0.29, 0.717) is 0 Å². The van der Waals surface area contributed by atoms with Gasteiger partial charge in [0.05, 0.1) is 16.7 Å². The predicted molar refractivity (Wildman–Crippen MR) is 78.1 cm³/mol. The van der Waals surface area contributed by atoms with E-state index in [1.165, 1.54) is 23.4 Å². The van der Waals surface area contributed by atoms with Gasteiger partial charge in [0.1, 0.15) is 0 Å². The van der Waals surface area contributed by atoms with Gasteiger partial charge in [-0.2, -0.15) is 5.26 Å². The highest BCUT2D eigenvalue weighted by atomic mass is 79.9. The summed E-state index contributed by atoms with van der Waals surface area (Å²) in [7, 11) is 0. The van der Waals surface area contributed by atoms with E-state index in [1.54, 1.807) is 0 Å². The quantitative estimate of drug-likeness (QED) is 0.926. The van der Waals surface area contributed by atoms with Gasteiger partial charge in [-0.15, -0.1) is 28.7 Å². The summed E-state index contributed by atoms with van der Waals surface area (Å²) in [5.74, 6) is 0.963. The first-order valence-corrected chi connectivity index (χ1v) is 6.43. The van der Waals surface area contributed by atoms with Gasteiger partial charge in [0, 0.05) is 12.3 Å². The van der Waals surface area contributed by atoms with Crippen LogP contribution < -0.4 is 5.32 Å². The van der Waals surface area contributed by atoms with Crippen molar-refractivity contribution in [3.8, 4) is 6.07 Å². The summed E-state index contributed by atoms with van der Waals surface area (Å²) in [4.78, 5) is 0. The van der Waals surface area contributed by atoms with Crippen LogP contribution in [0.25, 0.3) is 0 Å². The molecule has 0 saturated carbocycles. The maximum atomic E-state index is 8.69. The minimum absolute atomic E-state index is 0. The first-order chi connectivity index (χ1) is 7.88. The summed E-state index contributed by atoms with van der Waals surface area (Å²) in [6.45, 7) is 1.09. The number of benzene rings is 1. The lowest BCUT2D eigenvalue weighted by Crippen LogP contribution is -2.16. The maximum absolute atomic E-state index is 8.69. The van der Waals surface area contributed by atoms with Crippen LogP contribution in [-0.4, -0.2) is 6.54 Å². The number of hydrogen-bond donors (Lipinski definition) is 1. The van der Waals surface area contributed by atoms with E-state index < -0.39 is 0 Å². The minimum atomic E-state index is 0. The summed E-state index contributed by atoms with van der Waals surface area (Å²) in [5, 5.41) is 13.4. The lowest BCUT2D eigenvalue weighted by Gasteiger charge is -2.14. The van der Waals surface area contributed by atoms with Gasteiger partial charge < -0.3 is 5.32 Å². The third-order valence-corrected chi connectivity index (χ3v) is 3.59. The first-order valence-electron chi connectivity index (χ1n) is 5.44. The molecule has 0 bridgehead atoms. The molecule has 0 fully saturated rings. The zero-order valence-corrected chi connectivity index (χ0v) is 12.0. The second kappa shape index (κ2) is 7.41.